The van der Waals surface area contributed by atoms with Gasteiger partial charge in [0.25, 0.3) is 0 Å². The molecule has 1 aliphatic heterocycles. The summed E-state index contributed by atoms with van der Waals surface area (Å²) in [6.45, 7) is 5.42. The van der Waals surface area contributed by atoms with Gasteiger partial charge in [-0.25, -0.2) is 4.79 Å². The Morgan fingerprint density at radius 2 is 2.04 bits per heavy atom. The number of rotatable bonds is 5. The van der Waals surface area contributed by atoms with Gasteiger partial charge in [-0.05, 0) is 12.5 Å². The van der Waals surface area contributed by atoms with Crippen LogP contribution in [0.1, 0.15) is 17.4 Å². The van der Waals surface area contributed by atoms with Crippen LogP contribution in [0.4, 0.5) is 10.6 Å². The quantitative estimate of drug-likeness (QED) is 0.878. The third-order valence-corrected chi connectivity index (χ3v) is 4.00. The van der Waals surface area contributed by atoms with Crippen LogP contribution in [0.15, 0.2) is 40.9 Å². The molecule has 1 saturated heterocycles. The van der Waals surface area contributed by atoms with Gasteiger partial charge in [0.15, 0.2) is 5.82 Å². The molecule has 2 heterocycles. The number of hydrogen-bond donors (Lipinski definition) is 2. The molecule has 0 saturated carbocycles. The summed E-state index contributed by atoms with van der Waals surface area (Å²) in [5, 5.41) is 9.35. The van der Waals surface area contributed by atoms with Gasteiger partial charge in [-0.3, -0.25) is 10.2 Å². The minimum atomic E-state index is -0.294. The first-order chi connectivity index (χ1) is 11.7. The van der Waals surface area contributed by atoms with Gasteiger partial charge in [0.05, 0.1) is 19.3 Å². The number of benzene rings is 1. The van der Waals surface area contributed by atoms with Crippen LogP contribution >= 0.6 is 0 Å². The predicted octanol–water partition coefficient (Wildman–Crippen LogP) is 2.18. The normalized spacial score (nSPS) is 16.5. The van der Waals surface area contributed by atoms with E-state index in [0.717, 1.165) is 13.1 Å². The zero-order valence-corrected chi connectivity index (χ0v) is 13.7. The summed E-state index contributed by atoms with van der Waals surface area (Å²) in [5.41, 5.74) is 1.18. The first-order valence-electron chi connectivity index (χ1n) is 8.07. The van der Waals surface area contributed by atoms with E-state index in [9.17, 15) is 4.79 Å². The number of urea groups is 1. The van der Waals surface area contributed by atoms with Crippen LogP contribution in [0.5, 0.6) is 0 Å². The Kier molecular flexibility index (Phi) is 5.45. The summed E-state index contributed by atoms with van der Waals surface area (Å²) in [6.07, 6.45) is 0. The van der Waals surface area contributed by atoms with Crippen molar-refractivity contribution in [2.75, 3.05) is 38.2 Å². The number of nitrogens with zero attached hydrogens (tertiary/aromatic N) is 2. The predicted molar refractivity (Wildman–Crippen MR) is 89.8 cm³/mol. The molecule has 1 aromatic carbocycles. The zero-order valence-electron chi connectivity index (χ0n) is 13.7. The van der Waals surface area contributed by atoms with E-state index in [1.807, 2.05) is 18.2 Å². The maximum Gasteiger partial charge on any atom is 0.320 e. The molecule has 1 fully saturated rings. The number of nitrogens with one attached hydrogen (secondary N) is 2. The Balaban J connectivity index is 1.62. The number of amides is 2. The van der Waals surface area contributed by atoms with E-state index in [0.29, 0.717) is 31.3 Å². The Bertz CT molecular complexity index is 653. The fourth-order valence-electron chi connectivity index (χ4n) is 2.80. The minimum Gasteiger partial charge on any atom is -0.379 e. The fourth-order valence-corrected chi connectivity index (χ4v) is 2.80. The van der Waals surface area contributed by atoms with Gasteiger partial charge in [-0.2, -0.15) is 0 Å². The average Bonchev–Trinajstić information content (AvgIpc) is 3.02. The first-order valence-corrected chi connectivity index (χ1v) is 8.07. The monoisotopic (exact) mass is 330 g/mol. The highest BCUT2D eigenvalue weighted by Gasteiger charge is 2.23. The number of ether oxygens (including phenoxy) is 1. The lowest BCUT2D eigenvalue weighted by Gasteiger charge is -2.34. The van der Waals surface area contributed by atoms with Crippen molar-refractivity contribution in [1.29, 1.82) is 0 Å². The van der Waals surface area contributed by atoms with E-state index >= 15 is 0 Å². The second kappa shape index (κ2) is 7.94. The topological polar surface area (TPSA) is 79.6 Å². The van der Waals surface area contributed by atoms with E-state index < -0.39 is 0 Å². The molecule has 0 aliphatic carbocycles. The van der Waals surface area contributed by atoms with Crippen molar-refractivity contribution in [3.8, 4) is 0 Å². The summed E-state index contributed by atoms with van der Waals surface area (Å²) in [6, 6.07) is 11.7. The molecule has 2 N–H and O–H groups in total. The van der Waals surface area contributed by atoms with Crippen molar-refractivity contribution in [3.63, 3.8) is 0 Å². The van der Waals surface area contributed by atoms with Crippen LogP contribution in [0.25, 0.3) is 0 Å². The average molecular weight is 330 g/mol. The molecular weight excluding hydrogens is 308 g/mol. The van der Waals surface area contributed by atoms with E-state index in [4.69, 9.17) is 9.26 Å². The minimum absolute atomic E-state index is 0.111. The lowest BCUT2D eigenvalue weighted by Crippen LogP contribution is -2.44. The number of anilines is 1. The van der Waals surface area contributed by atoms with Crippen molar-refractivity contribution in [3.05, 3.63) is 47.7 Å². The van der Waals surface area contributed by atoms with Gasteiger partial charge in [-0.1, -0.05) is 35.5 Å². The molecule has 2 aromatic rings. The Hall–Kier alpha value is -2.38. The van der Waals surface area contributed by atoms with E-state index in [2.05, 4.69) is 32.8 Å². The molecule has 1 atom stereocenters. The van der Waals surface area contributed by atoms with Crippen molar-refractivity contribution >= 4 is 11.8 Å². The van der Waals surface area contributed by atoms with E-state index in [-0.39, 0.29) is 12.1 Å². The summed E-state index contributed by atoms with van der Waals surface area (Å²) in [5.74, 6) is 1.06. The maximum atomic E-state index is 12.1. The van der Waals surface area contributed by atoms with Gasteiger partial charge in [0.1, 0.15) is 5.76 Å². The second-order valence-electron chi connectivity index (χ2n) is 5.73. The molecule has 0 spiro atoms. The number of aryl methyl sites for hydroxylation is 1. The van der Waals surface area contributed by atoms with Gasteiger partial charge < -0.3 is 14.6 Å². The van der Waals surface area contributed by atoms with Crippen molar-refractivity contribution in [2.24, 2.45) is 0 Å². The Morgan fingerprint density at radius 3 is 2.71 bits per heavy atom. The molecule has 7 nitrogen and oxygen atoms in total. The van der Waals surface area contributed by atoms with E-state index in [1.165, 1.54) is 5.56 Å². The third-order valence-electron chi connectivity index (χ3n) is 4.00. The highest BCUT2D eigenvalue weighted by molar-refractivity contribution is 5.88. The Labute approximate surface area is 141 Å². The smallest absolute Gasteiger partial charge is 0.320 e. The largest absolute Gasteiger partial charge is 0.379 e. The number of carbonyl (C=O) groups is 1. The van der Waals surface area contributed by atoms with Crippen LogP contribution in [-0.2, 0) is 4.74 Å². The van der Waals surface area contributed by atoms with Gasteiger partial charge in [0.2, 0.25) is 0 Å². The molecule has 0 unspecified atom stereocenters. The van der Waals surface area contributed by atoms with Gasteiger partial charge >= 0.3 is 6.03 Å². The lowest BCUT2D eigenvalue weighted by molar-refractivity contribution is 0.0168. The molecule has 128 valence electrons. The van der Waals surface area contributed by atoms with Crippen LogP contribution < -0.4 is 10.6 Å². The number of morpholine rings is 1. The number of carbonyl (C=O) groups excluding carboxylic acids is 1. The van der Waals surface area contributed by atoms with Gasteiger partial charge in [-0.15, -0.1) is 0 Å². The van der Waals surface area contributed by atoms with E-state index in [1.54, 1.807) is 13.0 Å². The summed E-state index contributed by atoms with van der Waals surface area (Å²) in [4.78, 5) is 14.4. The molecule has 0 radical (unpaired) electrons. The van der Waals surface area contributed by atoms with Gasteiger partial charge in [0, 0.05) is 25.7 Å². The fraction of sp³-hybridized carbons (Fsp3) is 0.412. The standard InChI is InChI=1S/C17H22N4O3/c1-13-11-16(20-24-13)19-17(22)18-12-15(14-5-3-2-4-6-14)21-7-9-23-10-8-21/h2-6,11,15H,7-10,12H2,1H3,(H2,18,19,20,22)/t15-/m0/s1. The summed E-state index contributed by atoms with van der Waals surface area (Å²) < 4.78 is 10.4. The van der Waals surface area contributed by atoms with Crippen molar-refractivity contribution in [2.45, 2.75) is 13.0 Å². The summed E-state index contributed by atoms with van der Waals surface area (Å²) in [7, 11) is 0. The van der Waals surface area contributed by atoms with Crippen LogP contribution in [0.3, 0.4) is 0 Å². The highest BCUT2D eigenvalue weighted by atomic mass is 16.5. The molecule has 1 aromatic heterocycles. The van der Waals surface area contributed by atoms with Crippen LogP contribution in [0.2, 0.25) is 0 Å². The first kappa shape index (κ1) is 16.5. The molecule has 1 aliphatic rings. The Morgan fingerprint density at radius 1 is 1.29 bits per heavy atom. The van der Waals surface area contributed by atoms with Crippen LogP contribution in [-0.4, -0.2) is 48.9 Å². The molecule has 24 heavy (non-hydrogen) atoms. The lowest BCUT2D eigenvalue weighted by atomic mass is 10.0. The number of hydrogen-bond acceptors (Lipinski definition) is 5. The van der Waals surface area contributed by atoms with Crippen molar-refractivity contribution < 1.29 is 14.1 Å². The molecular formula is C17H22N4O3. The molecule has 2 amide bonds. The van der Waals surface area contributed by atoms with Crippen molar-refractivity contribution in [1.82, 2.24) is 15.4 Å². The molecule has 7 heteroatoms. The SMILES string of the molecule is Cc1cc(NC(=O)NC[C@@H](c2ccccc2)N2CCOCC2)no1. The zero-order chi connectivity index (χ0) is 16.8. The summed E-state index contributed by atoms with van der Waals surface area (Å²) >= 11 is 0. The van der Waals surface area contributed by atoms with Crippen LogP contribution in [0, 0.1) is 6.92 Å². The highest BCUT2D eigenvalue weighted by Crippen LogP contribution is 2.21. The third kappa shape index (κ3) is 4.33. The molecule has 0 bridgehead atoms. The molecule has 3 rings (SSSR count). The maximum absolute atomic E-state index is 12.1. The number of aromatic nitrogens is 1. The second-order valence-corrected chi connectivity index (χ2v) is 5.73.